The Morgan fingerprint density at radius 1 is 1.16 bits per heavy atom. The molecule has 1 fully saturated rings. The Morgan fingerprint density at radius 3 is 2.56 bits per heavy atom. The molecule has 1 aliphatic heterocycles. The van der Waals surface area contributed by atoms with Crippen molar-refractivity contribution in [3.05, 3.63) is 77.5 Å². The summed E-state index contributed by atoms with van der Waals surface area (Å²) in [4.78, 5) is 41.7. The van der Waals surface area contributed by atoms with Gasteiger partial charge >= 0.3 is 5.69 Å². The van der Waals surface area contributed by atoms with Gasteiger partial charge in [0.1, 0.15) is 23.1 Å². The lowest BCUT2D eigenvalue weighted by Gasteiger charge is -2.40. The van der Waals surface area contributed by atoms with Crippen molar-refractivity contribution in [2.45, 2.75) is 37.0 Å². The van der Waals surface area contributed by atoms with Gasteiger partial charge in [0.2, 0.25) is 5.91 Å². The molecule has 1 N–H and O–H groups in total. The van der Waals surface area contributed by atoms with Crippen LogP contribution in [-0.4, -0.2) is 74.8 Å². The van der Waals surface area contributed by atoms with Crippen LogP contribution in [0.15, 0.2) is 65.1 Å². The fourth-order valence-electron chi connectivity index (χ4n) is 5.10. The maximum absolute atomic E-state index is 15.8. The summed E-state index contributed by atoms with van der Waals surface area (Å²) in [5.41, 5.74) is -2.50. The number of carbonyl (C=O) groups excluding carboxylic acids is 1. The predicted octanol–water partition coefficient (Wildman–Crippen LogP) is 3.23. The van der Waals surface area contributed by atoms with Crippen LogP contribution in [0.2, 0.25) is 0 Å². The average Bonchev–Trinajstić information content (AvgIpc) is 2.96. The SMILES string of the molecule is C=CC(=O)N1CCN(c2nc(=O)n(-c3cnccc3S(=O)(=O)C(C)C)c3nc(-c4c(O)cccc4F)c(F)cc23)[C@@H](C)C1. The normalized spacial score (nSPS) is 15.7. The lowest BCUT2D eigenvalue weighted by molar-refractivity contribution is -0.126. The van der Waals surface area contributed by atoms with Crippen molar-refractivity contribution >= 4 is 32.6 Å². The molecule has 3 aromatic heterocycles. The van der Waals surface area contributed by atoms with Crippen molar-refractivity contribution in [1.82, 2.24) is 24.4 Å². The topological polar surface area (TPSA) is 139 Å². The third-order valence-electron chi connectivity index (χ3n) is 7.34. The second-order valence-corrected chi connectivity index (χ2v) is 12.8. The van der Waals surface area contributed by atoms with Crippen LogP contribution >= 0.6 is 0 Å². The number of carbonyl (C=O) groups is 1. The Hall–Kier alpha value is -4.72. The summed E-state index contributed by atoms with van der Waals surface area (Å²) in [5.74, 6) is -2.79. The lowest BCUT2D eigenvalue weighted by atomic mass is 10.1. The van der Waals surface area contributed by atoms with E-state index in [1.54, 1.807) is 16.7 Å². The molecular weight excluding hydrogens is 582 g/mol. The largest absolute Gasteiger partial charge is 0.507 e. The summed E-state index contributed by atoms with van der Waals surface area (Å²) in [6.07, 6.45) is 3.62. The number of benzene rings is 1. The van der Waals surface area contributed by atoms with Crippen LogP contribution in [0.25, 0.3) is 28.0 Å². The van der Waals surface area contributed by atoms with Gasteiger partial charge in [0, 0.05) is 31.9 Å². The first-order valence-corrected chi connectivity index (χ1v) is 14.9. The van der Waals surface area contributed by atoms with Crippen LogP contribution in [0, 0.1) is 11.6 Å². The molecule has 14 heteroatoms. The lowest BCUT2D eigenvalue weighted by Crippen LogP contribution is -2.54. The van der Waals surface area contributed by atoms with E-state index in [4.69, 9.17) is 0 Å². The van der Waals surface area contributed by atoms with Crippen molar-refractivity contribution in [2.24, 2.45) is 0 Å². The first kappa shape index (κ1) is 29.8. The molecule has 0 radical (unpaired) electrons. The molecule has 1 atom stereocenters. The Bertz CT molecular complexity index is 1930. The molecule has 4 aromatic rings. The van der Waals surface area contributed by atoms with Crippen molar-refractivity contribution in [3.63, 3.8) is 0 Å². The van der Waals surface area contributed by atoms with Gasteiger partial charge in [0.05, 0.1) is 33.0 Å². The summed E-state index contributed by atoms with van der Waals surface area (Å²) in [5, 5.41) is 9.56. The molecule has 0 unspecified atom stereocenters. The van der Waals surface area contributed by atoms with Gasteiger partial charge in [-0.2, -0.15) is 4.98 Å². The van der Waals surface area contributed by atoms with Crippen LogP contribution < -0.4 is 10.6 Å². The van der Waals surface area contributed by atoms with Crippen molar-refractivity contribution in [3.8, 4) is 22.7 Å². The predicted molar refractivity (Wildman–Crippen MR) is 156 cm³/mol. The Morgan fingerprint density at radius 2 is 1.91 bits per heavy atom. The van der Waals surface area contributed by atoms with Gasteiger partial charge in [0.15, 0.2) is 21.3 Å². The second-order valence-electron chi connectivity index (χ2n) is 10.3. The van der Waals surface area contributed by atoms with Crippen LogP contribution in [0.3, 0.4) is 0 Å². The van der Waals surface area contributed by atoms with E-state index in [9.17, 15) is 27.5 Å². The zero-order valence-corrected chi connectivity index (χ0v) is 24.3. The molecule has 1 amide bonds. The molecule has 4 heterocycles. The van der Waals surface area contributed by atoms with Crippen LogP contribution in [0.1, 0.15) is 20.8 Å². The molecule has 43 heavy (non-hydrogen) atoms. The number of halogens is 2. The van der Waals surface area contributed by atoms with E-state index in [1.807, 2.05) is 0 Å². The van der Waals surface area contributed by atoms with E-state index in [1.165, 1.54) is 38.3 Å². The van der Waals surface area contributed by atoms with Gasteiger partial charge in [-0.05, 0) is 51.1 Å². The molecule has 0 saturated carbocycles. The van der Waals surface area contributed by atoms with Crippen molar-refractivity contribution < 1.29 is 27.1 Å². The van der Waals surface area contributed by atoms with E-state index < -0.39 is 49.4 Å². The highest BCUT2D eigenvalue weighted by atomic mass is 32.2. The number of anilines is 1. The van der Waals surface area contributed by atoms with Gasteiger partial charge in [-0.3, -0.25) is 9.78 Å². The third kappa shape index (κ3) is 5.11. The molecule has 0 spiro atoms. The highest BCUT2D eigenvalue weighted by molar-refractivity contribution is 7.92. The smallest absolute Gasteiger partial charge is 0.355 e. The fourth-order valence-corrected chi connectivity index (χ4v) is 6.30. The summed E-state index contributed by atoms with van der Waals surface area (Å²) in [7, 11) is -3.97. The number of phenolic OH excluding ortho intramolecular Hbond substituents is 1. The van der Waals surface area contributed by atoms with E-state index >= 15 is 4.39 Å². The first-order valence-electron chi connectivity index (χ1n) is 13.3. The number of hydrogen-bond donors (Lipinski definition) is 1. The van der Waals surface area contributed by atoms with Crippen LogP contribution in [-0.2, 0) is 14.6 Å². The highest BCUT2D eigenvalue weighted by Crippen LogP contribution is 2.36. The number of amides is 1. The number of rotatable bonds is 6. The average molecular weight is 611 g/mol. The minimum Gasteiger partial charge on any atom is -0.507 e. The molecule has 1 aliphatic rings. The Balaban J connectivity index is 1.84. The van der Waals surface area contributed by atoms with E-state index in [2.05, 4.69) is 21.5 Å². The number of hydrogen-bond acceptors (Lipinski definition) is 9. The number of aromatic hydroxyl groups is 1. The highest BCUT2D eigenvalue weighted by Gasteiger charge is 2.32. The molecule has 1 saturated heterocycles. The fraction of sp³-hybridized carbons (Fsp3) is 0.276. The molecule has 11 nitrogen and oxygen atoms in total. The monoisotopic (exact) mass is 610 g/mol. The summed E-state index contributed by atoms with van der Waals surface area (Å²) in [6.45, 7) is 9.02. The summed E-state index contributed by atoms with van der Waals surface area (Å²) in [6, 6.07) is 5.30. The zero-order valence-electron chi connectivity index (χ0n) is 23.5. The standard InChI is InChI=1S/C29H28F2N6O5S/c1-5-24(39)35-11-12-36(17(4)15-35)27-18-13-20(31)26(25-19(30)7-6-8-22(25)38)33-28(18)37(29(40)34-27)21-14-32-10-9-23(21)43(41,42)16(2)3/h5-10,13-14,16-17,38H,1,11-12,15H2,2-4H3/t17-/m0/s1. The maximum atomic E-state index is 15.8. The van der Waals surface area contributed by atoms with Gasteiger partial charge in [-0.15, -0.1) is 0 Å². The second kappa shape index (κ2) is 11.2. The van der Waals surface area contributed by atoms with Gasteiger partial charge in [0.25, 0.3) is 0 Å². The first-order chi connectivity index (χ1) is 20.4. The summed E-state index contributed by atoms with van der Waals surface area (Å²) >= 11 is 0. The minimum absolute atomic E-state index is 0.0174. The molecule has 5 rings (SSSR count). The quantitative estimate of drug-likeness (QED) is 0.326. The van der Waals surface area contributed by atoms with Crippen molar-refractivity contribution in [1.29, 1.82) is 0 Å². The van der Waals surface area contributed by atoms with E-state index in [0.29, 0.717) is 0 Å². The van der Waals surface area contributed by atoms with Crippen molar-refractivity contribution in [2.75, 3.05) is 24.5 Å². The maximum Gasteiger partial charge on any atom is 0.355 e. The number of fused-ring (bicyclic) bond motifs is 1. The number of sulfone groups is 1. The molecular formula is C29H28F2N6O5S. The molecule has 224 valence electrons. The number of nitrogens with zero attached hydrogens (tertiary/aromatic N) is 6. The third-order valence-corrected chi connectivity index (χ3v) is 9.54. The molecule has 1 aromatic carbocycles. The summed E-state index contributed by atoms with van der Waals surface area (Å²) < 4.78 is 58.2. The van der Waals surface area contributed by atoms with Gasteiger partial charge in [-0.25, -0.2) is 31.5 Å². The van der Waals surface area contributed by atoms with E-state index in [-0.39, 0.29) is 59.0 Å². The minimum atomic E-state index is -3.97. The number of piperazine rings is 1. The van der Waals surface area contributed by atoms with E-state index in [0.717, 1.165) is 29.0 Å². The number of pyridine rings is 2. The van der Waals surface area contributed by atoms with Crippen LogP contribution in [0.4, 0.5) is 14.6 Å². The van der Waals surface area contributed by atoms with Gasteiger partial charge < -0.3 is 14.9 Å². The Labute approximate surface area is 245 Å². The number of aromatic nitrogens is 4. The van der Waals surface area contributed by atoms with Crippen LogP contribution in [0.5, 0.6) is 5.75 Å². The zero-order chi connectivity index (χ0) is 31.2. The molecule has 0 aliphatic carbocycles. The molecule has 0 bridgehead atoms. The number of phenols is 1. The van der Waals surface area contributed by atoms with Gasteiger partial charge in [-0.1, -0.05) is 12.6 Å². The Kier molecular flexibility index (Phi) is 7.73.